The molecule has 0 saturated carbocycles. The van der Waals surface area contributed by atoms with Gasteiger partial charge >= 0.3 is 0 Å². The zero-order chi connectivity index (χ0) is 22.4. The first-order valence-corrected chi connectivity index (χ1v) is 10.6. The minimum Gasteiger partial charge on any atom is -0.493 e. The van der Waals surface area contributed by atoms with Crippen molar-refractivity contribution in [3.05, 3.63) is 78.6 Å². The maximum atomic E-state index is 14.5. The summed E-state index contributed by atoms with van der Waals surface area (Å²) in [5.74, 6) is -0.556. The second-order valence-electron chi connectivity index (χ2n) is 6.39. The number of anilines is 2. The van der Waals surface area contributed by atoms with E-state index in [1.54, 1.807) is 30.3 Å². The van der Waals surface area contributed by atoms with Crippen LogP contribution < -0.4 is 19.1 Å². The molecule has 3 aromatic rings. The number of carbonyl (C=O) groups is 1. The van der Waals surface area contributed by atoms with Crippen LogP contribution in [0.1, 0.15) is 0 Å². The molecule has 1 N–H and O–H groups in total. The molecule has 0 heterocycles. The van der Waals surface area contributed by atoms with E-state index in [9.17, 15) is 17.6 Å². The number of halogens is 1. The highest BCUT2D eigenvalue weighted by atomic mass is 32.2. The summed E-state index contributed by atoms with van der Waals surface area (Å²) < 4.78 is 52.0. The van der Waals surface area contributed by atoms with Gasteiger partial charge in [0.05, 0.1) is 24.8 Å². The van der Waals surface area contributed by atoms with Gasteiger partial charge in [0.2, 0.25) is 5.91 Å². The fourth-order valence-electron chi connectivity index (χ4n) is 2.92. The third kappa shape index (κ3) is 4.95. The number of sulfonamides is 1. The van der Waals surface area contributed by atoms with Gasteiger partial charge in [-0.1, -0.05) is 30.3 Å². The van der Waals surface area contributed by atoms with Crippen molar-refractivity contribution in [2.75, 3.05) is 30.4 Å². The molecule has 0 aliphatic rings. The lowest BCUT2D eigenvalue weighted by Gasteiger charge is -2.24. The number of carbonyl (C=O) groups excluding carboxylic acids is 1. The molecule has 0 unspecified atom stereocenters. The number of ether oxygens (including phenoxy) is 2. The Bertz CT molecular complexity index is 1170. The highest BCUT2D eigenvalue weighted by molar-refractivity contribution is 7.92. The number of methoxy groups -OCH3 is 2. The van der Waals surface area contributed by atoms with E-state index in [0.29, 0.717) is 17.2 Å². The van der Waals surface area contributed by atoms with Crippen molar-refractivity contribution in [1.29, 1.82) is 0 Å². The van der Waals surface area contributed by atoms with Crippen molar-refractivity contribution in [3.8, 4) is 11.5 Å². The van der Waals surface area contributed by atoms with Crippen LogP contribution in [0.3, 0.4) is 0 Å². The molecule has 3 aromatic carbocycles. The van der Waals surface area contributed by atoms with Gasteiger partial charge in [-0.15, -0.1) is 0 Å². The molecule has 0 aromatic heterocycles. The van der Waals surface area contributed by atoms with Crippen LogP contribution in [0.5, 0.6) is 11.5 Å². The van der Waals surface area contributed by atoms with E-state index in [2.05, 4.69) is 5.32 Å². The lowest BCUT2D eigenvalue weighted by Crippen LogP contribution is -2.38. The molecule has 31 heavy (non-hydrogen) atoms. The number of amides is 1. The van der Waals surface area contributed by atoms with Crippen molar-refractivity contribution in [3.63, 3.8) is 0 Å². The third-order valence-electron chi connectivity index (χ3n) is 4.41. The van der Waals surface area contributed by atoms with Gasteiger partial charge < -0.3 is 14.8 Å². The van der Waals surface area contributed by atoms with Gasteiger partial charge in [0.25, 0.3) is 10.0 Å². The maximum Gasteiger partial charge on any atom is 0.264 e. The standard InChI is InChI=1S/C22H21FN2O5S/c1-29-20-13-12-16(14-21(20)30-2)24-22(26)15-25(19-11-7-6-10-18(19)23)31(27,28)17-8-4-3-5-9-17/h3-14H,15H2,1-2H3,(H,24,26). The summed E-state index contributed by atoms with van der Waals surface area (Å²) in [6, 6.07) is 17.6. The minimum atomic E-state index is -4.20. The van der Waals surface area contributed by atoms with Crippen LogP contribution in [-0.4, -0.2) is 35.1 Å². The molecule has 0 radical (unpaired) electrons. The van der Waals surface area contributed by atoms with Crippen LogP contribution in [0.4, 0.5) is 15.8 Å². The summed E-state index contributed by atoms with van der Waals surface area (Å²) in [5.41, 5.74) is 0.141. The molecule has 0 bridgehead atoms. The molecule has 7 nitrogen and oxygen atoms in total. The van der Waals surface area contributed by atoms with Crippen molar-refractivity contribution in [1.82, 2.24) is 0 Å². The molecular formula is C22H21FN2O5S. The Labute approximate surface area is 180 Å². The van der Waals surface area contributed by atoms with E-state index in [1.807, 2.05) is 0 Å². The van der Waals surface area contributed by atoms with E-state index in [-0.39, 0.29) is 10.6 Å². The molecule has 0 aliphatic heterocycles. The number of para-hydroxylation sites is 1. The Hall–Kier alpha value is -3.59. The largest absolute Gasteiger partial charge is 0.493 e. The lowest BCUT2D eigenvalue weighted by atomic mass is 10.2. The molecule has 0 fully saturated rings. The van der Waals surface area contributed by atoms with E-state index in [1.165, 1.54) is 50.6 Å². The number of nitrogens with zero attached hydrogens (tertiary/aromatic N) is 1. The Balaban J connectivity index is 1.92. The Morgan fingerprint density at radius 2 is 1.58 bits per heavy atom. The summed E-state index contributed by atoms with van der Waals surface area (Å²) in [6.07, 6.45) is 0. The Kier molecular flexibility index (Phi) is 6.76. The molecule has 1 amide bonds. The number of benzene rings is 3. The molecule has 0 spiro atoms. The molecule has 0 saturated heterocycles. The normalized spacial score (nSPS) is 10.9. The van der Waals surface area contributed by atoms with Gasteiger partial charge in [0.15, 0.2) is 11.5 Å². The number of rotatable bonds is 8. The van der Waals surface area contributed by atoms with Crippen LogP contribution >= 0.6 is 0 Å². The van der Waals surface area contributed by atoms with E-state index >= 15 is 0 Å². The number of hydrogen-bond acceptors (Lipinski definition) is 5. The maximum absolute atomic E-state index is 14.5. The highest BCUT2D eigenvalue weighted by Gasteiger charge is 2.29. The average molecular weight is 444 g/mol. The fraction of sp³-hybridized carbons (Fsp3) is 0.136. The monoisotopic (exact) mass is 444 g/mol. The summed E-state index contributed by atoms with van der Waals surface area (Å²) in [5, 5.41) is 2.61. The van der Waals surface area contributed by atoms with Crippen molar-refractivity contribution in [2.24, 2.45) is 0 Å². The molecular weight excluding hydrogens is 423 g/mol. The minimum absolute atomic E-state index is 0.0582. The zero-order valence-corrected chi connectivity index (χ0v) is 17.7. The van der Waals surface area contributed by atoms with Crippen LogP contribution in [0.15, 0.2) is 77.7 Å². The quantitative estimate of drug-likeness (QED) is 0.573. The van der Waals surface area contributed by atoms with Crippen LogP contribution in [-0.2, 0) is 14.8 Å². The van der Waals surface area contributed by atoms with Gasteiger partial charge in [-0.05, 0) is 36.4 Å². The van der Waals surface area contributed by atoms with Crippen LogP contribution in [0, 0.1) is 5.82 Å². The predicted molar refractivity (Wildman–Crippen MR) is 116 cm³/mol. The van der Waals surface area contributed by atoms with Crippen molar-refractivity contribution in [2.45, 2.75) is 4.90 Å². The molecule has 162 valence electrons. The van der Waals surface area contributed by atoms with E-state index in [0.717, 1.165) is 10.4 Å². The summed E-state index contributed by atoms with van der Waals surface area (Å²) >= 11 is 0. The topological polar surface area (TPSA) is 84.9 Å². The second-order valence-corrected chi connectivity index (χ2v) is 8.26. The Morgan fingerprint density at radius 3 is 2.23 bits per heavy atom. The molecule has 9 heteroatoms. The molecule has 3 rings (SSSR count). The van der Waals surface area contributed by atoms with E-state index < -0.39 is 28.3 Å². The first-order valence-electron chi connectivity index (χ1n) is 9.21. The van der Waals surface area contributed by atoms with Crippen LogP contribution in [0.2, 0.25) is 0 Å². The summed E-state index contributed by atoms with van der Waals surface area (Å²) in [6.45, 7) is -0.632. The van der Waals surface area contributed by atoms with Gasteiger partial charge in [0, 0.05) is 11.8 Å². The van der Waals surface area contributed by atoms with E-state index in [4.69, 9.17) is 9.47 Å². The fourth-order valence-corrected chi connectivity index (χ4v) is 4.37. The SMILES string of the molecule is COc1ccc(NC(=O)CN(c2ccccc2F)S(=O)(=O)c2ccccc2)cc1OC. The van der Waals surface area contributed by atoms with Gasteiger partial charge in [-0.2, -0.15) is 0 Å². The van der Waals surface area contributed by atoms with Gasteiger partial charge in [0.1, 0.15) is 12.4 Å². The molecule has 0 atom stereocenters. The smallest absolute Gasteiger partial charge is 0.264 e. The predicted octanol–water partition coefficient (Wildman–Crippen LogP) is 3.68. The average Bonchev–Trinajstić information content (AvgIpc) is 2.78. The third-order valence-corrected chi connectivity index (χ3v) is 6.18. The second kappa shape index (κ2) is 9.48. The molecule has 0 aliphatic carbocycles. The zero-order valence-electron chi connectivity index (χ0n) is 16.9. The van der Waals surface area contributed by atoms with Gasteiger partial charge in [-0.3, -0.25) is 9.10 Å². The van der Waals surface area contributed by atoms with Crippen molar-refractivity contribution >= 4 is 27.3 Å². The first kappa shape index (κ1) is 22.1. The first-order chi connectivity index (χ1) is 14.9. The highest BCUT2D eigenvalue weighted by Crippen LogP contribution is 2.30. The lowest BCUT2D eigenvalue weighted by molar-refractivity contribution is -0.114. The summed E-state index contributed by atoms with van der Waals surface area (Å²) in [4.78, 5) is 12.7. The number of hydrogen-bond donors (Lipinski definition) is 1. The summed E-state index contributed by atoms with van der Waals surface area (Å²) in [7, 11) is -1.26. The van der Waals surface area contributed by atoms with Gasteiger partial charge in [-0.25, -0.2) is 12.8 Å². The van der Waals surface area contributed by atoms with Crippen molar-refractivity contribution < 1.29 is 27.1 Å². The number of nitrogens with one attached hydrogen (secondary N) is 1. The Morgan fingerprint density at radius 1 is 0.935 bits per heavy atom. The van der Waals surface area contributed by atoms with Crippen LogP contribution in [0.25, 0.3) is 0 Å².